The van der Waals surface area contributed by atoms with Crippen molar-refractivity contribution in [1.29, 1.82) is 0 Å². The summed E-state index contributed by atoms with van der Waals surface area (Å²) in [5.41, 5.74) is -0.0480. The molecule has 0 spiro atoms. The highest BCUT2D eigenvalue weighted by molar-refractivity contribution is 5.91. The molecule has 2 atom stereocenters. The van der Waals surface area contributed by atoms with Crippen LogP contribution in [0.5, 0.6) is 5.75 Å². The van der Waals surface area contributed by atoms with Gasteiger partial charge in [-0.1, -0.05) is 6.08 Å². The highest BCUT2D eigenvalue weighted by atomic mass is 19.3. The van der Waals surface area contributed by atoms with Crippen LogP contribution in [0, 0.1) is 16.0 Å². The Balaban J connectivity index is 2.10. The minimum Gasteiger partial charge on any atom is -0.434 e. The summed E-state index contributed by atoms with van der Waals surface area (Å²) in [7, 11) is 0. The number of benzene rings is 1. The fourth-order valence-corrected chi connectivity index (χ4v) is 3.06. The number of fused-ring (bicyclic) bond motifs is 1. The fraction of sp³-hybridized carbons (Fsp3) is 0.333. The van der Waals surface area contributed by atoms with E-state index in [4.69, 9.17) is 0 Å². The Morgan fingerprint density at radius 1 is 1.32 bits per heavy atom. The number of nitro benzene ring substituents is 1. The van der Waals surface area contributed by atoms with Crippen LogP contribution in [0.4, 0.5) is 19.3 Å². The summed E-state index contributed by atoms with van der Waals surface area (Å²) < 4.78 is 29.8. The van der Waals surface area contributed by atoms with Crippen LogP contribution in [0.3, 0.4) is 0 Å². The number of Topliss-reactive ketones (excluding diaryl/α,β-unsaturated/α-hetero) is 1. The summed E-state index contributed by atoms with van der Waals surface area (Å²) in [6.07, 6.45) is 2.36. The number of carbonyl (C=O) groups excluding carboxylic acids is 2. The number of alkyl halides is 2. The zero-order valence-electron chi connectivity index (χ0n) is 12.7. The predicted molar refractivity (Wildman–Crippen MR) is 80.0 cm³/mol. The molecule has 1 aliphatic heterocycles. The van der Waals surface area contributed by atoms with E-state index in [9.17, 15) is 28.5 Å². The zero-order valence-corrected chi connectivity index (χ0v) is 12.7. The lowest BCUT2D eigenvalue weighted by Gasteiger charge is -2.36. The van der Waals surface area contributed by atoms with Gasteiger partial charge in [-0.2, -0.15) is 8.78 Å². The molecule has 3 rings (SSSR count). The highest BCUT2D eigenvalue weighted by Gasteiger charge is 2.41. The standard InChI is InChI=1S/C15H13F2N3O5/c16-14(17)25-11-5-4-7(20(23)24)6-8(11)13-12-9(18-15(22)19-13)2-1-3-10(12)21/h2,4-6,12-14H,1,3H2,(H2,18,19,22)/t12-,13-/m0/s1. The molecule has 1 saturated heterocycles. The first-order chi connectivity index (χ1) is 11.9. The molecule has 8 nitrogen and oxygen atoms in total. The molecule has 132 valence electrons. The van der Waals surface area contributed by atoms with Crippen LogP contribution < -0.4 is 15.4 Å². The molecule has 1 aliphatic carbocycles. The summed E-state index contributed by atoms with van der Waals surface area (Å²) in [6.45, 7) is -3.16. The summed E-state index contributed by atoms with van der Waals surface area (Å²) in [6, 6.07) is 1.42. The molecule has 0 bridgehead atoms. The van der Waals surface area contributed by atoms with Gasteiger partial charge in [0, 0.05) is 29.8 Å². The van der Waals surface area contributed by atoms with Crippen LogP contribution in [0.2, 0.25) is 0 Å². The van der Waals surface area contributed by atoms with E-state index in [1.807, 2.05) is 0 Å². The highest BCUT2D eigenvalue weighted by Crippen LogP contribution is 2.40. The smallest absolute Gasteiger partial charge is 0.387 e. The molecule has 2 N–H and O–H groups in total. The minimum absolute atomic E-state index is 0.0458. The van der Waals surface area contributed by atoms with E-state index in [0.29, 0.717) is 12.1 Å². The van der Waals surface area contributed by atoms with Crippen molar-refractivity contribution in [3.05, 3.63) is 45.6 Å². The molecule has 0 unspecified atom stereocenters. The largest absolute Gasteiger partial charge is 0.434 e. The minimum atomic E-state index is -3.16. The van der Waals surface area contributed by atoms with Crippen molar-refractivity contribution in [3.63, 3.8) is 0 Å². The molecule has 1 heterocycles. The molecular formula is C15H13F2N3O5. The molecule has 25 heavy (non-hydrogen) atoms. The summed E-state index contributed by atoms with van der Waals surface area (Å²) in [4.78, 5) is 34.5. The second-order valence-electron chi connectivity index (χ2n) is 5.58. The van der Waals surface area contributed by atoms with E-state index in [1.165, 1.54) is 0 Å². The maximum absolute atomic E-state index is 12.7. The topological polar surface area (TPSA) is 111 Å². The van der Waals surface area contributed by atoms with Crippen molar-refractivity contribution in [2.75, 3.05) is 0 Å². The van der Waals surface area contributed by atoms with E-state index < -0.39 is 29.5 Å². The number of urea groups is 1. The fourth-order valence-electron chi connectivity index (χ4n) is 3.06. The van der Waals surface area contributed by atoms with Gasteiger partial charge in [-0.05, 0) is 12.5 Å². The number of non-ortho nitro benzene ring substituents is 1. The van der Waals surface area contributed by atoms with E-state index in [1.54, 1.807) is 6.08 Å². The lowest BCUT2D eigenvalue weighted by atomic mass is 9.80. The number of halogens is 2. The zero-order chi connectivity index (χ0) is 18.1. The number of nitrogens with one attached hydrogen (secondary N) is 2. The van der Waals surface area contributed by atoms with Crippen LogP contribution in [-0.2, 0) is 4.79 Å². The van der Waals surface area contributed by atoms with Gasteiger partial charge in [-0.25, -0.2) is 4.79 Å². The molecule has 10 heteroatoms. The van der Waals surface area contributed by atoms with Crippen LogP contribution in [0.25, 0.3) is 0 Å². The van der Waals surface area contributed by atoms with Crippen LogP contribution in [-0.4, -0.2) is 23.3 Å². The molecular weight excluding hydrogens is 340 g/mol. The average molecular weight is 353 g/mol. The maximum Gasteiger partial charge on any atom is 0.387 e. The number of hydrogen-bond donors (Lipinski definition) is 2. The Bertz CT molecular complexity index is 780. The number of carbonyl (C=O) groups is 2. The lowest BCUT2D eigenvalue weighted by molar-refractivity contribution is -0.385. The third-order valence-electron chi connectivity index (χ3n) is 4.07. The van der Waals surface area contributed by atoms with Gasteiger partial charge in [0.1, 0.15) is 11.5 Å². The van der Waals surface area contributed by atoms with Crippen molar-refractivity contribution in [2.45, 2.75) is 25.5 Å². The molecule has 0 saturated carbocycles. The molecule has 0 radical (unpaired) electrons. The number of allylic oxidation sites excluding steroid dienone is 1. The van der Waals surface area contributed by atoms with Gasteiger partial charge in [-0.3, -0.25) is 14.9 Å². The van der Waals surface area contributed by atoms with E-state index >= 15 is 0 Å². The van der Waals surface area contributed by atoms with E-state index in [2.05, 4.69) is 15.4 Å². The Kier molecular flexibility index (Phi) is 4.34. The quantitative estimate of drug-likeness (QED) is 0.638. The maximum atomic E-state index is 12.7. The van der Waals surface area contributed by atoms with Gasteiger partial charge in [0.2, 0.25) is 0 Å². The van der Waals surface area contributed by atoms with E-state index in [-0.39, 0.29) is 29.2 Å². The Morgan fingerprint density at radius 3 is 2.76 bits per heavy atom. The number of hydrogen-bond acceptors (Lipinski definition) is 5. The van der Waals surface area contributed by atoms with Crippen molar-refractivity contribution in [1.82, 2.24) is 10.6 Å². The number of nitrogens with zero attached hydrogens (tertiary/aromatic N) is 1. The molecule has 2 amide bonds. The molecule has 2 aliphatic rings. The van der Waals surface area contributed by atoms with Gasteiger partial charge < -0.3 is 15.4 Å². The molecule has 0 aromatic heterocycles. The second kappa shape index (κ2) is 6.46. The second-order valence-corrected chi connectivity index (χ2v) is 5.58. The van der Waals surface area contributed by atoms with Crippen molar-refractivity contribution < 1.29 is 28.0 Å². The lowest BCUT2D eigenvalue weighted by Crippen LogP contribution is -2.52. The monoisotopic (exact) mass is 353 g/mol. The number of amides is 2. The molecule has 1 fully saturated rings. The van der Waals surface area contributed by atoms with Crippen LogP contribution in [0.1, 0.15) is 24.4 Å². The van der Waals surface area contributed by atoms with Gasteiger partial charge in [0.25, 0.3) is 5.69 Å². The summed E-state index contributed by atoms with van der Waals surface area (Å²) >= 11 is 0. The Hall–Kier alpha value is -3.04. The number of ether oxygens (including phenoxy) is 1. The molecule has 1 aromatic rings. The Labute approximate surface area is 140 Å². The van der Waals surface area contributed by atoms with Gasteiger partial charge in [-0.15, -0.1) is 0 Å². The van der Waals surface area contributed by atoms with Crippen molar-refractivity contribution in [2.24, 2.45) is 5.92 Å². The molecule has 1 aromatic carbocycles. The summed E-state index contributed by atoms with van der Waals surface area (Å²) in [5, 5.41) is 16.0. The predicted octanol–water partition coefficient (Wildman–Crippen LogP) is 2.41. The summed E-state index contributed by atoms with van der Waals surface area (Å²) in [5.74, 6) is -1.37. The van der Waals surface area contributed by atoms with Gasteiger partial charge >= 0.3 is 12.6 Å². The van der Waals surface area contributed by atoms with E-state index in [0.717, 1.165) is 18.2 Å². The third kappa shape index (κ3) is 3.28. The average Bonchev–Trinajstić information content (AvgIpc) is 2.53. The number of ketones is 1. The Morgan fingerprint density at radius 2 is 2.08 bits per heavy atom. The normalized spacial score (nSPS) is 22.6. The first-order valence-electron chi connectivity index (χ1n) is 7.40. The third-order valence-corrected chi connectivity index (χ3v) is 4.07. The van der Waals surface area contributed by atoms with Crippen molar-refractivity contribution in [3.8, 4) is 5.75 Å². The SMILES string of the molecule is O=C1NC2=CCCC(=O)[C@H]2[C@H](c2cc([N+](=O)[O-])ccc2OC(F)F)N1. The van der Waals surface area contributed by atoms with Crippen LogP contribution in [0.15, 0.2) is 30.0 Å². The van der Waals surface area contributed by atoms with Crippen molar-refractivity contribution >= 4 is 17.5 Å². The van der Waals surface area contributed by atoms with Gasteiger partial charge in [0.05, 0.1) is 16.9 Å². The first kappa shape index (κ1) is 16.8. The van der Waals surface area contributed by atoms with Crippen LogP contribution >= 0.6 is 0 Å². The first-order valence-corrected chi connectivity index (χ1v) is 7.40. The van der Waals surface area contributed by atoms with Gasteiger partial charge in [0.15, 0.2) is 0 Å². The number of rotatable bonds is 4. The number of nitro groups is 1.